The molecule has 0 aromatic heterocycles. The maximum absolute atomic E-state index is 12.0. The van der Waals surface area contributed by atoms with Crippen LogP contribution in [0.15, 0.2) is 48.5 Å². The molecule has 2 aromatic rings. The van der Waals surface area contributed by atoms with Crippen molar-refractivity contribution in [2.75, 3.05) is 32.8 Å². The number of carbonyl (C=O) groups excluding carboxylic acids is 1. The number of ether oxygens (including phenoxy) is 2. The molecule has 0 spiro atoms. The number of aliphatic hydroxyl groups excluding tert-OH is 1. The number of carbonyl (C=O) groups is 1. The predicted octanol–water partition coefficient (Wildman–Crippen LogP) is 4.46. The van der Waals surface area contributed by atoms with Crippen molar-refractivity contribution in [3.63, 3.8) is 0 Å². The molecule has 0 unspecified atom stereocenters. The van der Waals surface area contributed by atoms with Crippen LogP contribution >= 0.6 is 0 Å². The van der Waals surface area contributed by atoms with Gasteiger partial charge in [0.1, 0.15) is 11.4 Å². The van der Waals surface area contributed by atoms with Gasteiger partial charge in [-0.2, -0.15) is 0 Å². The van der Waals surface area contributed by atoms with Crippen molar-refractivity contribution >= 4 is 6.09 Å². The van der Waals surface area contributed by atoms with E-state index in [2.05, 4.69) is 29.3 Å². The van der Waals surface area contributed by atoms with Crippen LogP contribution in [0.1, 0.15) is 39.7 Å². The Morgan fingerprint density at radius 1 is 1.10 bits per heavy atom. The van der Waals surface area contributed by atoms with Gasteiger partial charge in [-0.05, 0) is 50.9 Å². The molecule has 0 fully saturated rings. The topological polar surface area (TPSA) is 71.0 Å². The van der Waals surface area contributed by atoms with Gasteiger partial charge in [-0.1, -0.05) is 49.4 Å². The lowest BCUT2D eigenvalue weighted by molar-refractivity contribution is 0.0523. The normalized spacial score (nSPS) is 11.4. The van der Waals surface area contributed by atoms with Crippen molar-refractivity contribution in [1.82, 2.24) is 10.2 Å². The van der Waals surface area contributed by atoms with Gasteiger partial charge in [0.05, 0.1) is 13.2 Å². The number of alkyl carbamates (subject to hydrolysis) is 1. The second-order valence-electron chi connectivity index (χ2n) is 8.41. The largest absolute Gasteiger partial charge is 0.493 e. The molecular formula is C25H36N2O4. The lowest BCUT2D eigenvalue weighted by Gasteiger charge is -2.20. The van der Waals surface area contributed by atoms with E-state index in [0.717, 1.165) is 42.0 Å². The maximum Gasteiger partial charge on any atom is 0.407 e. The van der Waals surface area contributed by atoms with Gasteiger partial charge < -0.3 is 24.8 Å². The molecular weight excluding hydrogens is 392 g/mol. The molecule has 0 atom stereocenters. The van der Waals surface area contributed by atoms with Crippen LogP contribution in [0.3, 0.4) is 0 Å². The molecule has 6 nitrogen and oxygen atoms in total. The van der Waals surface area contributed by atoms with E-state index >= 15 is 0 Å². The van der Waals surface area contributed by atoms with E-state index in [1.54, 1.807) is 0 Å². The molecule has 0 heterocycles. The van der Waals surface area contributed by atoms with Crippen molar-refractivity contribution in [3.8, 4) is 16.9 Å². The van der Waals surface area contributed by atoms with E-state index in [1.807, 2.05) is 57.2 Å². The zero-order valence-corrected chi connectivity index (χ0v) is 19.2. The summed E-state index contributed by atoms with van der Waals surface area (Å²) in [7, 11) is 0. The zero-order chi connectivity index (χ0) is 22.7. The summed E-state index contributed by atoms with van der Waals surface area (Å²) in [6.07, 6.45) is 0.424. The Kier molecular flexibility index (Phi) is 9.82. The van der Waals surface area contributed by atoms with Gasteiger partial charge in [-0.15, -0.1) is 0 Å². The lowest BCUT2D eigenvalue weighted by Crippen LogP contribution is -2.32. The van der Waals surface area contributed by atoms with Gasteiger partial charge >= 0.3 is 6.09 Å². The van der Waals surface area contributed by atoms with E-state index in [4.69, 9.17) is 14.6 Å². The molecule has 2 rings (SSSR count). The van der Waals surface area contributed by atoms with E-state index in [9.17, 15) is 4.79 Å². The van der Waals surface area contributed by atoms with E-state index in [1.165, 1.54) is 0 Å². The van der Waals surface area contributed by atoms with Crippen LogP contribution in [0.5, 0.6) is 5.75 Å². The van der Waals surface area contributed by atoms with Crippen molar-refractivity contribution in [2.24, 2.45) is 0 Å². The van der Waals surface area contributed by atoms with Gasteiger partial charge in [0.2, 0.25) is 0 Å². The Labute approximate surface area is 186 Å². The molecule has 2 N–H and O–H groups in total. The fraction of sp³-hybridized carbons (Fsp3) is 0.480. The quantitative estimate of drug-likeness (QED) is 0.517. The van der Waals surface area contributed by atoms with Crippen molar-refractivity contribution < 1.29 is 19.4 Å². The Bertz CT molecular complexity index is 803. The van der Waals surface area contributed by atoms with Crippen LogP contribution in [0.25, 0.3) is 11.1 Å². The fourth-order valence-corrected chi connectivity index (χ4v) is 3.18. The smallest absolute Gasteiger partial charge is 0.407 e. The first-order valence-corrected chi connectivity index (χ1v) is 10.9. The van der Waals surface area contributed by atoms with Gasteiger partial charge in [0, 0.05) is 25.2 Å². The number of aliphatic hydroxyl groups is 1. The molecule has 31 heavy (non-hydrogen) atoms. The maximum atomic E-state index is 12.0. The summed E-state index contributed by atoms with van der Waals surface area (Å²) >= 11 is 0. The second kappa shape index (κ2) is 12.3. The number of hydrogen-bond donors (Lipinski definition) is 2. The average Bonchev–Trinajstić information content (AvgIpc) is 2.74. The standard InChI is InChI=1S/C25H36N2O4/c1-5-27(15-16-28)14-9-17-30-23-18-20(19-26-24(29)31-25(2,3)4)12-13-22(23)21-10-7-6-8-11-21/h6-8,10-13,18,28H,5,9,14-17,19H2,1-4H3,(H,26,29). The first-order valence-electron chi connectivity index (χ1n) is 10.9. The summed E-state index contributed by atoms with van der Waals surface area (Å²) in [5.74, 6) is 0.792. The minimum absolute atomic E-state index is 0.166. The average molecular weight is 429 g/mol. The van der Waals surface area contributed by atoms with Gasteiger partial charge in [-0.25, -0.2) is 4.79 Å². The summed E-state index contributed by atoms with van der Waals surface area (Å²) in [4.78, 5) is 14.2. The van der Waals surface area contributed by atoms with E-state index in [-0.39, 0.29) is 6.61 Å². The van der Waals surface area contributed by atoms with E-state index < -0.39 is 11.7 Å². The summed E-state index contributed by atoms with van der Waals surface area (Å²) < 4.78 is 11.5. The monoisotopic (exact) mass is 428 g/mol. The third-order valence-corrected chi connectivity index (χ3v) is 4.71. The summed E-state index contributed by atoms with van der Waals surface area (Å²) in [5.41, 5.74) is 2.51. The van der Waals surface area contributed by atoms with Crippen LogP contribution < -0.4 is 10.1 Å². The molecule has 1 amide bonds. The molecule has 0 aliphatic heterocycles. The highest BCUT2D eigenvalue weighted by atomic mass is 16.6. The third-order valence-electron chi connectivity index (χ3n) is 4.71. The fourth-order valence-electron chi connectivity index (χ4n) is 3.18. The number of nitrogens with zero attached hydrogens (tertiary/aromatic N) is 1. The molecule has 2 aromatic carbocycles. The number of amides is 1. The van der Waals surface area contributed by atoms with E-state index in [0.29, 0.717) is 19.7 Å². The first kappa shape index (κ1) is 24.7. The molecule has 0 saturated carbocycles. The number of rotatable bonds is 11. The van der Waals surface area contributed by atoms with Crippen LogP contribution in [0.4, 0.5) is 4.79 Å². The molecule has 0 aliphatic rings. The number of hydrogen-bond acceptors (Lipinski definition) is 5. The predicted molar refractivity (Wildman–Crippen MR) is 124 cm³/mol. The highest BCUT2D eigenvalue weighted by Gasteiger charge is 2.16. The van der Waals surface area contributed by atoms with Crippen molar-refractivity contribution in [2.45, 2.75) is 46.3 Å². The molecule has 0 radical (unpaired) electrons. The van der Waals surface area contributed by atoms with Crippen molar-refractivity contribution in [3.05, 3.63) is 54.1 Å². The van der Waals surface area contributed by atoms with Gasteiger partial charge in [-0.3, -0.25) is 0 Å². The van der Waals surface area contributed by atoms with Crippen LogP contribution in [-0.2, 0) is 11.3 Å². The Morgan fingerprint density at radius 3 is 2.48 bits per heavy atom. The molecule has 0 bridgehead atoms. The Morgan fingerprint density at radius 2 is 1.84 bits per heavy atom. The second-order valence-corrected chi connectivity index (χ2v) is 8.41. The highest BCUT2D eigenvalue weighted by Crippen LogP contribution is 2.31. The van der Waals surface area contributed by atoms with Crippen LogP contribution in [0, 0.1) is 0 Å². The molecule has 6 heteroatoms. The number of nitrogens with one attached hydrogen (secondary N) is 1. The van der Waals surface area contributed by atoms with Gasteiger partial charge in [0.15, 0.2) is 0 Å². The van der Waals surface area contributed by atoms with Gasteiger partial charge in [0.25, 0.3) is 0 Å². The third kappa shape index (κ3) is 8.99. The number of likely N-dealkylation sites (N-methyl/N-ethyl adjacent to an activating group) is 1. The lowest BCUT2D eigenvalue weighted by atomic mass is 10.0. The number of benzene rings is 2. The molecule has 0 saturated heterocycles. The zero-order valence-electron chi connectivity index (χ0n) is 19.2. The SMILES string of the molecule is CCN(CCO)CCCOc1cc(CNC(=O)OC(C)(C)C)ccc1-c1ccccc1. The minimum Gasteiger partial charge on any atom is -0.493 e. The summed E-state index contributed by atoms with van der Waals surface area (Å²) in [5, 5.41) is 11.9. The molecule has 0 aliphatic carbocycles. The highest BCUT2D eigenvalue weighted by molar-refractivity contribution is 5.71. The Balaban J connectivity index is 2.06. The summed E-state index contributed by atoms with van der Waals surface area (Å²) in [6, 6.07) is 16.1. The minimum atomic E-state index is -0.530. The molecule has 170 valence electrons. The first-order chi connectivity index (χ1) is 14.8. The van der Waals surface area contributed by atoms with Crippen molar-refractivity contribution in [1.29, 1.82) is 0 Å². The Hall–Kier alpha value is -2.57. The summed E-state index contributed by atoms with van der Waals surface area (Å²) in [6.45, 7) is 11.2. The van der Waals surface area contributed by atoms with Crippen LogP contribution in [0.2, 0.25) is 0 Å². The van der Waals surface area contributed by atoms with Crippen LogP contribution in [-0.4, -0.2) is 54.5 Å².